The molecule has 108 valence electrons. The van der Waals surface area contributed by atoms with Crippen LogP contribution in [0.2, 0.25) is 0 Å². The van der Waals surface area contributed by atoms with Gasteiger partial charge in [-0.1, -0.05) is 18.2 Å². The van der Waals surface area contributed by atoms with E-state index in [1.165, 1.54) is 6.08 Å². The predicted octanol–water partition coefficient (Wildman–Crippen LogP) is 1.74. The van der Waals surface area contributed by atoms with E-state index in [0.717, 1.165) is 11.3 Å². The Morgan fingerprint density at radius 2 is 2.05 bits per heavy atom. The lowest BCUT2D eigenvalue weighted by atomic mass is 10.1. The summed E-state index contributed by atoms with van der Waals surface area (Å²) in [5.41, 5.74) is 0.790. The maximum Gasteiger partial charge on any atom is 0.257 e. The molecule has 0 bridgehead atoms. The Bertz CT molecular complexity index is 651. The molecule has 1 atom stereocenters. The Hall–Kier alpha value is -2.43. The summed E-state index contributed by atoms with van der Waals surface area (Å²) < 4.78 is 0. The first-order valence-electron chi connectivity index (χ1n) is 7.05. The van der Waals surface area contributed by atoms with Crippen LogP contribution in [0.15, 0.2) is 36.4 Å². The Labute approximate surface area is 122 Å². The number of hydrogen-bond acceptors (Lipinski definition) is 3. The van der Waals surface area contributed by atoms with Crippen molar-refractivity contribution >= 4 is 23.4 Å². The van der Waals surface area contributed by atoms with Gasteiger partial charge in [-0.15, -0.1) is 0 Å². The molecule has 1 saturated heterocycles. The largest absolute Gasteiger partial charge is 0.327 e. The van der Waals surface area contributed by atoms with E-state index in [1.54, 1.807) is 42.2 Å². The topological polar surface area (TPSA) is 57.7 Å². The monoisotopic (exact) mass is 284 g/mol. The van der Waals surface area contributed by atoms with E-state index < -0.39 is 11.9 Å². The molecule has 1 fully saturated rings. The lowest BCUT2D eigenvalue weighted by molar-refractivity contribution is -0.126. The van der Waals surface area contributed by atoms with Gasteiger partial charge in [0.25, 0.3) is 17.7 Å². The van der Waals surface area contributed by atoms with Crippen LogP contribution < -0.4 is 4.90 Å². The van der Waals surface area contributed by atoms with Gasteiger partial charge in [0.1, 0.15) is 6.04 Å². The molecule has 1 unspecified atom stereocenters. The summed E-state index contributed by atoms with van der Waals surface area (Å²) in [6, 6.07) is 6.26. The number of amides is 3. The minimum absolute atomic E-state index is 0.169. The SMILES string of the molecule is C/C=C/C(=O)N1C(=O)C2CCCN2C(=O)c2ccccc21. The predicted molar refractivity (Wildman–Crippen MR) is 77.8 cm³/mol. The van der Waals surface area contributed by atoms with Crippen molar-refractivity contribution in [3.8, 4) is 0 Å². The fourth-order valence-corrected chi connectivity index (χ4v) is 2.98. The zero-order valence-corrected chi connectivity index (χ0v) is 11.8. The van der Waals surface area contributed by atoms with E-state index in [4.69, 9.17) is 0 Å². The molecule has 3 amide bonds. The Balaban J connectivity index is 2.18. The minimum atomic E-state index is -0.529. The number of imide groups is 1. The van der Waals surface area contributed by atoms with Gasteiger partial charge in [0.05, 0.1) is 11.3 Å². The number of para-hydroxylation sites is 1. The minimum Gasteiger partial charge on any atom is -0.327 e. The third-order valence-corrected chi connectivity index (χ3v) is 3.92. The van der Waals surface area contributed by atoms with Crippen molar-refractivity contribution in [1.82, 2.24) is 4.90 Å². The number of allylic oxidation sites excluding steroid dienone is 1. The van der Waals surface area contributed by atoms with Crippen LogP contribution >= 0.6 is 0 Å². The standard InChI is InChI=1S/C16H16N2O3/c1-2-6-14(19)18-12-8-4-3-7-11(12)15(20)17-10-5-9-13(17)16(18)21/h2-4,6-8,13H,5,9-10H2,1H3/b6-2+. The normalized spacial score (nSPS) is 21.5. The van der Waals surface area contributed by atoms with Crippen LogP contribution in [0.25, 0.3) is 0 Å². The van der Waals surface area contributed by atoms with Crippen LogP contribution in [0.4, 0.5) is 5.69 Å². The second kappa shape index (κ2) is 5.16. The van der Waals surface area contributed by atoms with Crippen molar-refractivity contribution in [2.24, 2.45) is 0 Å². The molecule has 0 saturated carbocycles. The van der Waals surface area contributed by atoms with E-state index in [9.17, 15) is 14.4 Å². The van der Waals surface area contributed by atoms with Crippen LogP contribution in [0, 0.1) is 0 Å². The first-order valence-corrected chi connectivity index (χ1v) is 7.05. The summed E-state index contributed by atoms with van der Waals surface area (Å²) in [5, 5.41) is 0. The van der Waals surface area contributed by atoms with Gasteiger partial charge < -0.3 is 4.90 Å². The summed E-state index contributed by atoms with van der Waals surface area (Å²) in [6.45, 7) is 2.29. The molecule has 0 aliphatic carbocycles. The smallest absolute Gasteiger partial charge is 0.257 e. The van der Waals surface area contributed by atoms with Gasteiger partial charge in [0.2, 0.25) is 0 Å². The molecule has 2 heterocycles. The number of anilines is 1. The van der Waals surface area contributed by atoms with Crippen molar-refractivity contribution in [3.63, 3.8) is 0 Å². The molecule has 0 N–H and O–H groups in total. The zero-order valence-electron chi connectivity index (χ0n) is 11.8. The van der Waals surface area contributed by atoms with Gasteiger partial charge >= 0.3 is 0 Å². The number of carbonyl (C=O) groups excluding carboxylic acids is 3. The second-order valence-corrected chi connectivity index (χ2v) is 5.19. The van der Waals surface area contributed by atoms with Gasteiger partial charge in [0, 0.05) is 6.54 Å². The molecule has 0 radical (unpaired) electrons. The summed E-state index contributed by atoms with van der Waals surface area (Å²) in [6.07, 6.45) is 4.34. The molecular weight excluding hydrogens is 268 g/mol. The first kappa shape index (κ1) is 13.5. The molecule has 5 heteroatoms. The fraction of sp³-hybridized carbons (Fsp3) is 0.312. The second-order valence-electron chi connectivity index (χ2n) is 5.19. The molecule has 0 spiro atoms. The molecular formula is C16H16N2O3. The van der Waals surface area contributed by atoms with Crippen LogP contribution in [-0.2, 0) is 9.59 Å². The summed E-state index contributed by atoms with van der Waals surface area (Å²) in [5.74, 6) is -0.886. The highest BCUT2D eigenvalue weighted by atomic mass is 16.2. The Morgan fingerprint density at radius 3 is 2.81 bits per heavy atom. The van der Waals surface area contributed by atoms with Crippen LogP contribution in [0.3, 0.4) is 0 Å². The van der Waals surface area contributed by atoms with Crippen LogP contribution in [-0.4, -0.2) is 35.2 Å². The third-order valence-electron chi connectivity index (χ3n) is 3.92. The Morgan fingerprint density at radius 1 is 1.29 bits per heavy atom. The fourth-order valence-electron chi connectivity index (χ4n) is 2.98. The third kappa shape index (κ3) is 2.05. The first-order chi connectivity index (χ1) is 10.1. The lowest BCUT2D eigenvalue weighted by Gasteiger charge is -2.23. The number of fused-ring (bicyclic) bond motifs is 2. The maximum atomic E-state index is 12.7. The molecule has 1 aromatic rings. The molecule has 1 aromatic carbocycles. The van der Waals surface area contributed by atoms with Crippen molar-refractivity contribution in [2.45, 2.75) is 25.8 Å². The summed E-state index contributed by atoms with van der Waals surface area (Å²) >= 11 is 0. The summed E-state index contributed by atoms with van der Waals surface area (Å²) in [7, 11) is 0. The number of benzene rings is 1. The molecule has 0 aromatic heterocycles. The van der Waals surface area contributed by atoms with Gasteiger partial charge in [0.15, 0.2) is 0 Å². The quantitative estimate of drug-likeness (QED) is 0.738. The molecule has 3 rings (SSSR count). The van der Waals surface area contributed by atoms with Crippen LogP contribution in [0.5, 0.6) is 0 Å². The lowest BCUT2D eigenvalue weighted by Crippen LogP contribution is -2.46. The van der Waals surface area contributed by atoms with Crippen molar-refractivity contribution in [3.05, 3.63) is 42.0 Å². The molecule has 5 nitrogen and oxygen atoms in total. The summed E-state index contributed by atoms with van der Waals surface area (Å²) in [4.78, 5) is 40.4. The van der Waals surface area contributed by atoms with E-state index in [0.29, 0.717) is 24.2 Å². The highest BCUT2D eigenvalue weighted by molar-refractivity contribution is 6.24. The van der Waals surface area contributed by atoms with Gasteiger partial charge in [-0.2, -0.15) is 0 Å². The highest BCUT2D eigenvalue weighted by Gasteiger charge is 2.43. The number of rotatable bonds is 1. The number of nitrogens with zero attached hydrogens (tertiary/aromatic N) is 2. The van der Waals surface area contributed by atoms with Gasteiger partial charge in [-0.3, -0.25) is 14.4 Å². The number of hydrogen-bond donors (Lipinski definition) is 0. The average Bonchev–Trinajstić information content (AvgIpc) is 2.94. The zero-order chi connectivity index (χ0) is 15.0. The average molecular weight is 284 g/mol. The van der Waals surface area contributed by atoms with Crippen LogP contribution in [0.1, 0.15) is 30.1 Å². The van der Waals surface area contributed by atoms with E-state index >= 15 is 0 Å². The van der Waals surface area contributed by atoms with Crippen molar-refractivity contribution < 1.29 is 14.4 Å². The Kier molecular flexibility index (Phi) is 3.33. The van der Waals surface area contributed by atoms with Crippen molar-refractivity contribution in [2.75, 3.05) is 11.4 Å². The molecule has 2 aliphatic rings. The highest BCUT2D eigenvalue weighted by Crippen LogP contribution is 2.32. The van der Waals surface area contributed by atoms with E-state index in [1.807, 2.05) is 0 Å². The number of carbonyl (C=O) groups is 3. The maximum absolute atomic E-state index is 12.7. The van der Waals surface area contributed by atoms with E-state index in [-0.39, 0.29) is 11.8 Å². The molecule has 2 aliphatic heterocycles. The molecule has 21 heavy (non-hydrogen) atoms. The van der Waals surface area contributed by atoms with Gasteiger partial charge in [-0.05, 0) is 38.0 Å². The van der Waals surface area contributed by atoms with Gasteiger partial charge in [-0.25, -0.2) is 4.90 Å². The van der Waals surface area contributed by atoms with Crippen molar-refractivity contribution in [1.29, 1.82) is 0 Å². The van der Waals surface area contributed by atoms with E-state index in [2.05, 4.69) is 0 Å².